The van der Waals surface area contributed by atoms with Gasteiger partial charge in [0, 0.05) is 46.5 Å². The minimum atomic E-state index is -0.187. The minimum Gasteiger partial charge on any atom is -0.396 e. The third-order valence-corrected chi connectivity index (χ3v) is 6.17. The molecule has 0 aliphatic carbocycles. The highest BCUT2D eigenvalue weighted by Gasteiger charge is 2.32. The summed E-state index contributed by atoms with van der Waals surface area (Å²) in [4.78, 5) is 2.12. The summed E-state index contributed by atoms with van der Waals surface area (Å²) in [6.45, 7) is 4.49. The maximum absolute atomic E-state index is 13.9. The number of aliphatic hydroxyl groups is 1. The monoisotopic (exact) mass is 349 g/mol. The first-order valence-electron chi connectivity index (χ1n) is 8.40. The average molecular weight is 349 g/mol. The molecule has 3 rings (SSSR count). The lowest BCUT2D eigenvalue weighted by atomic mass is 9.81. The maximum atomic E-state index is 13.9. The lowest BCUT2D eigenvalue weighted by Crippen LogP contribution is -2.42. The van der Waals surface area contributed by atoms with Crippen LogP contribution in [0, 0.1) is 11.2 Å². The molecule has 130 valence electrons. The van der Waals surface area contributed by atoms with E-state index in [2.05, 4.69) is 18.3 Å². The Morgan fingerprint density at radius 3 is 2.71 bits per heavy atom. The predicted octanol–water partition coefficient (Wildman–Crippen LogP) is 3.99. The van der Waals surface area contributed by atoms with Crippen molar-refractivity contribution in [3.05, 3.63) is 47.1 Å². The van der Waals surface area contributed by atoms with Crippen LogP contribution >= 0.6 is 11.3 Å². The second-order valence-corrected chi connectivity index (χ2v) is 7.67. The summed E-state index contributed by atoms with van der Waals surface area (Å²) >= 11 is 1.61. The predicted molar refractivity (Wildman–Crippen MR) is 95.7 cm³/mol. The lowest BCUT2D eigenvalue weighted by Gasteiger charge is -2.36. The topological polar surface area (TPSA) is 41.5 Å². The molecular weight excluding hydrogens is 325 g/mol. The van der Waals surface area contributed by atoms with Crippen molar-refractivity contribution in [2.75, 3.05) is 26.4 Å². The van der Waals surface area contributed by atoms with Crippen LogP contribution in [-0.2, 0) is 4.74 Å². The molecule has 1 aromatic carbocycles. The number of ether oxygens (including phenoxy) is 1. The van der Waals surface area contributed by atoms with Crippen LogP contribution in [0.5, 0.6) is 0 Å². The molecule has 1 saturated heterocycles. The van der Waals surface area contributed by atoms with Crippen molar-refractivity contribution in [1.29, 1.82) is 0 Å². The van der Waals surface area contributed by atoms with Gasteiger partial charge in [-0.3, -0.25) is 0 Å². The third-order valence-electron chi connectivity index (χ3n) is 4.86. The number of thiophene rings is 1. The largest absolute Gasteiger partial charge is 0.396 e. The normalized spacial score (nSPS) is 18.5. The van der Waals surface area contributed by atoms with Gasteiger partial charge in [-0.2, -0.15) is 0 Å². The second kappa shape index (κ2) is 7.74. The molecule has 0 radical (unpaired) electrons. The molecule has 2 aromatic rings. The van der Waals surface area contributed by atoms with Gasteiger partial charge in [0.25, 0.3) is 0 Å². The fourth-order valence-corrected chi connectivity index (χ4v) is 4.12. The van der Waals surface area contributed by atoms with Gasteiger partial charge in [0.1, 0.15) is 5.82 Å². The molecule has 1 atom stereocenters. The molecule has 0 saturated carbocycles. The first kappa shape index (κ1) is 17.5. The van der Waals surface area contributed by atoms with Crippen LogP contribution in [0.4, 0.5) is 4.39 Å². The van der Waals surface area contributed by atoms with Crippen molar-refractivity contribution in [3.8, 4) is 10.4 Å². The Balaban J connectivity index is 1.66. The molecule has 0 bridgehead atoms. The summed E-state index contributed by atoms with van der Waals surface area (Å²) in [7, 11) is 0. The van der Waals surface area contributed by atoms with E-state index in [1.165, 1.54) is 10.9 Å². The Bertz CT molecular complexity index is 667. The first-order valence-corrected chi connectivity index (χ1v) is 9.22. The third kappa shape index (κ3) is 3.86. The summed E-state index contributed by atoms with van der Waals surface area (Å²) < 4.78 is 19.3. The van der Waals surface area contributed by atoms with E-state index in [0.29, 0.717) is 18.8 Å². The standard InChI is InChI=1S/C19H24FNO2S/c1-14(21-12-19(13-22)8-10-23-11-9-19)17-6-7-18(24-17)15-4-2-3-5-16(15)20/h2-7,14,21-22H,8-13H2,1H3. The second-order valence-electron chi connectivity index (χ2n) is 6.55. The minimum absolute atomic E-state index is 0.0852. The molecular formula is C19H24FNO2S. The highest BCUT2D eigenvalue weighted by atomic mass is 32.1. The Morgan fingerprint density at radius 2 is 2.00 bits per heavy atom. The van der Waals surface area contributed by atoms with Gasteiger partial charge < -0.3 is 15.2 Å². The molecule has 1 fully saturated rings. The molecule has 5 heteroatoms. The number of aliphatic hydroxyl groups excluding tert-OH is 1. The zero-order valence-corrected chi connectivity index (χ0v) is 14.7. The summed E-state index contributed by atoms with van der Waals surface area (Å²) in [5.41, 5.74) is 0.565. The van der Waals surface area contributed by atoms with E-state index in [-0.39, 0.29) is 23.9 Å². The van der Waals surface area contributed by atoms with Crippen molar-refractivity contribution < 1.29 is 14.2 Å². The zero-order valence-electron chi connectivity index (χ0n) is 13.9. The molecule has 2 N–H and O–H groups in total. The van der Waals surface area contributed by atoms with Crippen molar-refractivity contribution in [3.63, 3.8) is 0 Å². The average Bonchev–Trinajstić information content (AvgIpc) is 3.11. The molecule has 1 aliphatic rings. The molecule has 0 amide bonds. The molecule has 0 spiro atoms. The fraction of sp³-hybridized carbons (Fsp3) is 0.474. The van der Waals surface area contributed by atoms with Crippen molar-refractivity contribution in [1.82, 2.24) is 5.32 Å². The van der Waals surface area contributed by atoms with Crippen LogP contribution < -0.4 is 5.32 Å². The van der Waals surface area contributed by atoms with Crippen LogP contribution in [0.3, 0.4) is 0 Å². The maximum Gasteiger partial charge on any atom is 0.131 e. The van der Waals surface area contributed by atoms with Gasteiger partial charge in [-0.1, -0.05) is 18.2 Å². The van der Waals surface area contributed by atoms with Gasteiger partial charge >= 0.3 is 0 Å². The van der Waals surface area contributed by atoms with Crippen LogP contribution in [0.15, 0.2) is 36.4 Å². The smallest absolute Gasteiger partial charge is 0.131 e. The van der Waals surface area contributed by atoms with E-state index in [0.717, 1.165) is 24.3 Å². The quantitative estimate of drug-likeness (QED) is 0.828. The van der Waals surface area contributed by atoms with Gasteiger partial charge in [-0.15, -0.1) is 11.3 Å². The zero-order chi connectivity index (χ0) is 17.0. The van der Waals surface area contributed by atoms with Crippen molar-refractivity contribution in [2.45, 2.75) is 25.8 Å². The summed E-state index contributed by atoms with van der Waals surface area (Å²) in [6.07, 6.45) is 1.77. The van der Waals surface area contributed by atoms with Crippen LogP contribution in [-0.4, -0.2) is 31.5 Å². The lowest BCUT2D eigenvalue weighted by molar-refractivity contribution is -0.0163. The van der Waals surface area contributed by atoms with Gasteiger partial charge in [-0.25, -0.2) is 4.39 Å². The number of hydrogen-bond acceptors (Lipinski definition) is 4. The number of hydrogen-bond donors (Lipinski definition) is 2. The summed E-state index contributed by atoms with van der Waals surface area (Å²) in [5, 5.41) is 13.3. The Morgan fingerprint density at radius 1 is 1.25 bits per heavy atom. The van der Waals surface area contributed by atoms with E-state index in [1.807, 2.05) is 18.2 Å². The SMILES string of the molecule is CC(NCC1(CO)CCOCC1)c1ccc(-c2ccccc2F)s1. The Labute approximate surface area is 146 Å². The van der Waals surface area contributed by atoms with E-state index in [1.54, 1.807) is 17.4 Å². The van der Waals surface area contributed by atoms with Gasteiger partial charge in [0.05, 0.1) is 6.61 Å². The summed E-state index contributed by atoms with van der Waals surface area (Å²) in [5.74, 6) is -0.187. The number of rotatable bonds is 6. The van der Waals surface area contributed by atoms with E-state index in [9.17, 15) is 9.50 Å². The number of benzene rings is 1. The van der Waals surface area contributed by atoms with Gasteiger partial charge in [0.15, 0.2) is 0 Å². The van der Waals surface area contributed by atoms with E-state index >= 15 is 0 Å². The Kier molecular flexibility index (Phi) is 5.66. The van der Waals surface area contributed by atoms with Crippen LogP contribution in [0.1, 0.15) is 30.7 Å². The first-order chi connectivity index (χ1) is 11.6. The van der Waals surface area contributed by atoms with Gasteiger partial charge in [-0.05, 0) is 38.0 Å². The highest BCUT2D eigenvalue weighted by Crippen LogP contribution is 2.34. The van der Waals surface area contributed by atoms with Gasteiger partial charge in [0.2, 0.25) is 0 Å². The van der Waals surface area contributed by atoms with E-state index in [4.69, 9.17) is 4.74 Å². The molecule has 2 heterocycles. The summed E-state index contributed by atoms with van der Waals surface area (Å²) in [6, 6.07) is 11.1. The fourth-order valence-electron chi connectivity index (χ4n) is 3.06. The van der Waals surface area contributed by atoms with Crippen molar-refractivity contribution in [2.24, 2.45) is 5.41 Å². The Hall–Kier alpha value is -1.27. The number of nitrogens with one attached hydrogen (secondary N) is 1. The van der Waals surface area contributed by atoms with E-state index < -0.39 is 0 Å². The molecule has 1 aliphatic heterocycles. The molecule has 24 heavy (non-hydrogen) atoms. The van der Waals surface area contributed by atoms with Crippen LogP contribution in [0.25, 0.3) is 10.4 Å². The molecule has 3 nitrogen and oxygen atoms in total. The number of halogens is 1. The molecule has 1 aromatic heterocycles. The van der Waals surface area contributed by atoms with Crippen LogP contribution in [0.2, 0.25) is 0 Å². The molecule has 1 unspecified atom stereocenters. The highest BCUT2D eigenvalue weighted by molar-refractivity contribution is 7.15. The van der Waals surface area contributed by atoms with Crippen molar-refractivity contribution >= 4 is 11.3 Å².